The van der Waals surface area contributed by atoms with Crippen LogP contribution in [0.15, 0.2) is 52.3 Å². The molecule has 0 spiro atoms. The number of benzene rings is 2. The summed E-state index contributed by atoms with van der Waals surface area (Å²) in [5.74, 6) is -0.752. The number of hydrogen-bond acceptors (Lipinski definition) is 7. The molecule has 0 saturated heterocycles. The highest BCUT2D eigenvalue weighted by Crippen LogP contribution is 2.32. The molecule has 0 bridgehead atoms. The van der Waals surface area contributed by atoms with Gasteiger partial charge in [0, 0.05) is 11.0 Å². The van der Waals surface area contributed by atoms with Crippen molar-refractivity contribution in [3.63, 3.8) is 0 Å². The fourth-order valence-corrected chi connectivity index (χ4v) is 4.45. The lowest BCUT2D eigenvalue weighted by atomic mass is 10.1. The highest BCUT2D eigenvalue weighted by Gasteiger charge is 2.30. The Kier molecular flexibility index (Phi) is 7.03. The zero-order chi connectivity index (χ0) is 20.9. The summed E-state index contributed by atoms with van der Waals surface area (Å²) >= 11 is 1.46. The Morgan fingerprint density at radius 2 is 1.86 bits per heavy atom. The van der Waals surface area contributed by atoms with Crippen LogP contribution in [-0.2, 0) is 19.6 Å². The monoisotopic (exact) mass is 424 g/mol. The Morgan fingerprint density at radius 3 is 2.39 bits per heavy atom. The molecule has 2 rings (SSSR count). The van der Waals surface area contributed by atoms with Gasteiger partial charge in [-0.2, -0.15) is 0 Å². The number of rotatable bonds is 8. The smallest absolute Gasteiger partial charge is 0.326 e. The van der Waals surface area contributed by atoms with Gasteiger partial charge in [0.2, 0.25) is 0 Å². The molecule has 150 valence electrons. The molecule has 0 saturated carbocycles. The lowest BCUT2D eigenvalue weighted by Gasteiger charge is -2.25. The summed E-state index contributed by atoms with van der Waals surface area (Å²) < 4.78 is 32.2. The van der Waals surface area contributed by atoms with E-state index in [1.54, 1.807) is 19.1 Å². The SMILES string of the molecule is CCOC(=O)CN(c1cccc([N+](=O)[O-])c1C)S(=O)(=O)c1ccc(SC)cc1. The van der Waals surface area contributed by atoms with Crippen molar-refractivity contribution in [1.29, 1.82) is 0 Å². The molecule has 0 heterocycles. The standard InChI is InChI=1S/C18H20N2O6S2/c1-4-26-18(21)12-19(16-6-5-7-17(13(16)2)20(22)23)28(24,25)15-10-8-14(27-3)9-11-15/h5-11H,4,12H2,1-3H3. The third-order valence-electron chi connectivity index (χ3n) is 3.97. The number of esters is 1. The van der Waals surface area contributed by atoms with E-state index in [1.165, 1.54) is 49.0 Å². The minimum Gasteiger partial charge on any atom is -0.465 e. The van der Waals surface area contributed by atoms with Crippen LogP contribution in [0.25, 0.3) is 0 Å². The Balaban J connectivity index is 2.60. The first-order chi connectivity index (χ1) is 13.2. The van der Waals surface area contributed by atoms with Gasteiger partial charge in [-0.15, -0.1) is 11.8 Å². The molecular weight excluding hydrogens is 404 g/mol. The molecule has 8 nitrogen and oxygen atoms in total. The minimum absolute atomic E-state index is 0.0273. The average molecular weight is 425 g/mol. The van der Waals surface area contributed by atoms with Gasteiger partial charge in [0.15, 0.2) is 0 Å². The Bertz CT molecular complexity index is 974. The van der Waals surface area contributed by atoms with Gasteiger partial charge in [0.25, 0.3) is 15.7 Å². The van der Waals surface area contributed by atoms with Crippen LogP contribution in [0.2, 0.25) is 0 Å². The van der Waals surface area contributed by atoms with Gasteiger partial charge >= 0.3 is 5.97 Å². The third kappa shape index (κ3) is 4.63. The lowest BCUT2D eigenvalue weighted by molar-refractivity contribution is -0.385. The quantitative estimate of drug-likeness (QED) is 0.277. The van der Waals surface area contributed by atoms with E-state index in [0.29, 0.717) is 0 Å². The number of ether oxygens (including phenoxy) is 1. The van der Waals surface area contributed by atoms with Gasteiger partial charge in [0.05, 0.1) is 27.7 Å². The molecular formula is C18H20N2O6S2. The second kappa shape index (κ2) is 9.07. The molecule has 0 fully saturated rings. The van der Waals surface area contributed by atoms with Crippen LogP contribution in [0, 0.1) is 17.0 Å². The minimum atomic E-state index is -4.16. The zero-order valence-electron chi connectivity index (χ0n) is 15.6. The van der Waals surface area contributed by atoms with Crippen LogP contribution in [-0.4, -0.2) is 38.7 Å². The molecule has 0 amide bonds. The molecule has 0 aliphatic rings. The summed E-state index contributed by atoms with van der Waals surface area (Å²) in [5.41, 5.74) is -0.0448. The number of sulfonamides is 1. The van der Waals surface area contributed by atoms with Gasteiger partial charge in [-0.1, -0.05) is 6.07 Å². The largest absolute Gasteiger partial charge is 0.465 e. The second-order valence-electron chi connectivity index (χ2n) is 5.67. The van der Waals surface area contributed by atoms with Gasteiger partial charge < -0.3 is 4.74 Å². The van der Waals surface area contributed by atoms with Gasteiger partial charge in [-0.3, -0.25) is 19.2 Å². The van der Waals surface area contributed by atoms with E-state index in [2.05, 4.69) is 0 Å². The predicted octanol–water partition coefficient (Wildman–Crippen LogP) is 3.38. The summed E-state index contributed by atoms with van der Waals surface area (Å²) in [5, 5.41) is 11.3. The van der Waals surface area contributed by atoms with Crippen LogP contribution in [0.4, 0.5) is 11.4 Å². The van der Waals surface area contributed by atoms with Gasteiger partial charge in [0.1, 0.15) is 6.54 Å². The second-order valence-corrected chi connectivity index (χ2v) is 8.41. The van der Waals surface area contributed by atoms with E-state index >= 15 is 0 Å². The van der Waals surface area contributed by atoms with E-state index in [9.17, 15) is 23.3 Å². The van der Waals surface area contributed by atoms with Gasteiger partial charge in [-0.05, 0) is 50.4 Å². The van der Waals surface area contributed by atoms with Crippen LogP contribution in [0.5, 0.6) is 0 Å². The molecule has 0 aliphatic heterocycles. The zero-order valence-corrected chi connectivity index (χ0v) is 17.2. The van der Waals surface area contributed by atoms with Crippen molar-refractivity contribution < 1.29 is 22.9 Å². The fourth-order valence-electron chi connectivity index (χ4n) is 2.58. The molecule has 28 heavy (non-hydrogen) atoms. The van der Waals surface area contributed by atoms with Crippen molar-refractivity contribution in [3.05, 3.63) is 58.1 Å². The third-order valence-corrected chi connectivity index (χ3v) is 6.48. The maximum atomic E-state index is 13.2. The number of carbonyl (C=O) groups is 1. The van der Waals surface area contributed by atoms with Crippen LogP contribution in [0.1, 0.15) is 12.5 Å². The average Bonchev–Trinajstić information content (AvgIpc) is 2.66. The van der Waals surface area contributed by atoms with E-state index in [4.69, 9.17) is 4.74 Å². The van der Waals surface area contributed by atoms with Crippen LogP contribution < -0.4 is 4.31 Å². The Morgan fingerprint density at radius 1 is 1.21 bits per heavy atom. The summed E-state index contributed by atoms with van der Waals surface area (Å²) in [6, 6.07) is 10.3. The molecule has 0 aromatic heterocycles. The fraction of sp³-hybridized carbons (Fsp3) is 0.278. The summed E-state index contributed by atoms with van der Waals surface area (Å²) in [7, 11) is -4.16. The molecule has 0 atom stereocenters. The first kappa shape index (κ1) is 21.7. The highest BCUT2D eigenvalue weighted by molar-refractivity contribution is 7.98. The van der Waals surface area contributed by atoms with Gasteiger partial charge in [-0.25, -0.2) is 8.42 Å². The summed E-state index contributed by atoms with van der Waals surface area (Å²) in [6.07, 6.45) is 1.86. The normalized spacial score (nSPS) is 11.1. The van der Waals surface area contributed by atoms with E-state index in [-0.39, 0.29) is 28.4 Å². The highest BCUT2D eigenvalue weighted by atomic mass is 32.2. The molecule has 2 aromatic rings. The van der Waals surface area contributed by atoms with E-state index in [0.717, 1.165) is 9.20 Å². The number of nitro benzene ring substituents is 1. The number of hydrogen-bond donors (Lipinski definition) is 0. The molecule has 0 radical (unpaired) electrons. The maximum absolute atomic E-state index is 13.2. The Hall–Kier alpha value is -2.59. The van der Waals surface area contributed by atoms with Crippen molar-refractivity contribution in [1.82, 2.24) is 0 Å². The molecule has 10 heteroatoms. The summed E-state index contributed by atoms with van der Waals surface area (Å²) in [4.78, 5) is 23.6. The number of nitro groups is 1. The van der Waals surface area contributed by atoms with E-state index < -0.39 is 27.5 Å². The predicted molar refractivity (Wildman–Crippen MR) is 107 cm³/mol. The number of carbonyl (C=O) groups excluding carboxylic acids is 1. The molecule has 0 unspecified atom stereocenters. The lowest BCUT2D eigenvalue weighted by Crippen LogP contribution is -2.37. The molecule has 2 aromatic carbocycles. The van der Waals surface area contributed by atoms with Crippen molar-refractivity contribution in [2.45, 2.75) is 23.6 Å². The Labute approximate surface area is 167 Å². The summed E-state index contributed by atoms with van der Waals surface area (Å²) in [6.45, 7) is 2.54. The first-order valence-corrected chi connectivity index (χ1v) is 10.9. The number of anilines is 1. The molecule has 0 N–H and O–H groups in total. The van der Waals surface area contributed by atoms with Crippen LogP contribution in [0.3, 0.4) is 0 Å². The van der Waals surface area contributed by atoms with Crippen molar-refractivity contribution in [2.75, 3.05) is 23.7 Å². The number of nitrogens with zero attached hydrogens (tertiary/aromatic N) is 2. The number of thioether (sulfide) groups is 1. The topological polar surface area (TPSA) is 107 Å². The van der Waals surface area contributed by atoms with Crippen molar-refractivity contribution >= 4 is 39.1 Å². The first-order valence-electron chi connectivity index (χ1n) is 8.28. The van der Waals surface area contributed by atoms with Crippen molar-refractivity contribution in [2.24, 2.45) is 0 Å². The maximum Gasteiger partial charge on any atom is 0.326 e. The van der Waals surface area contributed by atoms with E-state index in [1.807, 2.05) is 6.26 Å². The molecule has 0 aliphatic carbocycles. The van der Waals surface area contributed by atoms with Crippen molar-refractivity contribution in [3.8, 4) is 0 Å². The van der Waals surface area contributed by atoms with Crippen LogP contribution >= 0.6 is 11.8 Å².